The summed E-state index contributed by atoms with van der Waals surface area (Å²) < 4.78 is 46.7. The third-order valence-electron chi connectivity index (χ3n) is 18.4. The van der Waals surface area contributed by atoms with Gasteiger partial charge >= 0.3 is 0 Å². The molecule has 12 aromatic rings. The van der Waals surface area contributed by atoms with Crippen LogP contribution in [0.2, 0.25) is 0 Å². The van der Waals surface area contributed by atoms with Gasteiger partial charge in [-0.15, -0.1) is 12.4 Å². The molecule has 0 bridgehead atoms. The molecule has 3 unspecified atom stereocenters. The Hall–Kier alpha value is -10.3. The quantitative estimate of drug-likeness (QED) is 0.0297. The van der Waals surface area contributed by atoms with Gasteiger partial charge in [0.2, 0.25) is 0 Å². The van der Waals surface area contributed by atoms with Crippen molar-refractivity contribution in [3.63, 3.8) is 0 Å². The number of carbonyl (C=O) groups is 2. The number of Topliss-reactive ketones (excluding diaryl/α,β-unsaturated/α-hetero) is 2. The van der Waals surface area contributed by atoms with E-state index in [0.29, 0.717) is 51.5 Å². The number of nitrogens with two attached hydrogens (primary N) is 2. The summed E-state index contributed by atoms with van der Waals surface area (Å²) in [5.41, 5.74) is 23.3. The maximum Gasteiger partial charge on any atom is 0.185 e. The average molecular weight is 1350 g/mol. The summed E-state index contributed by atoms with van der Waals surface area (Å²) in [4.78, 5) is 48.1. The first-order chi connectivity index (χ1) is 47.7. The first-order valence-electron chi connectivity index (χ1n) is 33.4. The first kappa shape index (κ1) is 68.6. The molecule has 7 aromatic heterocycles. The largest absolute Gasteiger partial charge is 0.396 e. The zero-order chi connectivity index (χ0) is 67.8. The molecule has 3 aliphatic rings. The summed E-state index contributed by atoms with van der Waals surface area (Å²) in [6, 6.07) is 45.6. The number of aryl methyl sites for hydroxylation is 3. The van der Waals surface area contributed by atoms with Crippen molar-refractivity contribution in [1.82, 2.24) is 60.4 Å². The standard InChI is InChI=1S/C32H30FN5O.C31H29FN6O.C16H18FN3.ClH/c1-20-15-30(38(37-20)27-7-5-23-11-14-35-21(2)28(23)18-27)31(39)17-26-16-25(6-8-29(26)33)32(36-19-22-3-4-22)24-9-12-34-13-10-24;1-19-14-28(38(37-19)25-6-4-21-10-13-35-31(33)26(21)17-25)29(39)16-24-15-23(5-7-27(24)32)30(36-18-20-2-3-20)22-8-11-34-12-9-22;17-14-4-3-13(9-15(14)18)16(20-10-11-1-2-11)12-5-7-19-8-6-12;/h5-16,18,22,32,36H,3-4,17,19H2,1-2H3;4-15,17,20,30,36H,2-3,16,18H2,1H3,(H2,33,35);3-9,11,16,20H,1-2,10,18H2;1H. The lowest BCUT2D eigenvalue weighted by molar-refractivity contribution is 0.0976. The van der Waals surface area contributed by atoms with Crippen LogP contribution in [0.4, 0.5) is 24.7 Å². The predicted octanol–water partition coefficient (Wildman–Crippen LogP) is 14.8. The van der Waals surface area contributed by atoms with Crippen molar-refractivity contribution >= 4 is 57.0 Å². The minimum absolute atomic E-state index is 0. The van der Waals surface area contributed by atoms with Crippen molar-refractivity contribution in [2.75, 3.05) is 31.1 Å². The predicted molar refractivity (Wildman–Crippen MR) is 384 cm³/mol. The lowest BCUT2D eigenvalue weighted by Crippen LogP contribution is -2.25. The molecule has 3 aliphatic carbocycles. The summed E-state index contributed by atoms with van der Waals surface area (Å²) >= 11 is 0. The molecule has 99 heavy (non-hydrogen) atoms. The second-order valence-corrected chi connectivity index (χ2v) is 25.9. The lowest BCUT2D eigenvalue weighted by atomic mass is 9.95. The van der Waals surface area contributed by atoms with E-state index >= 15 is 8.78 Å². The minimum Gasteiger partial charge on any atom is -0.396 e. The molecule has 0 saturated heterocycles. The fourth-order valence-electron chi connectivity index (χ4n) is 12.4. The number of aromatic nitrogens is 9. The van der Waals surface area contributed by atoms with Crippen LogP contribution in [0.15, 0.2) is 201 Å². The number of benzene rings is 5. The van der Waals surface area contributed by atoms with Crippen molar-refractivity contribution in [1.29, 1.82) is 0 Å². The van der Waals surface area contributed by atoms with Gasteiger partial charge in [-0.25, -0.2) is 27.5 Å². The minimum atomic E-state index is -0.407. The first-order valence-corrected chi connectivity index (χ1v) is 33.4. The van der Waals surface area contributed by atoms with Gasteiger partial charge < -0.3 is 27.4 Å². The Morgan fingerprint density at radius 1 is 0.444 bits per heavy atom. The van der Waals surface area contributed by atoms with Crippen molar-refractivity contribution in [3.8, 4) is 11.4 Å². The van der Waals surface area contributed by atoms with Crippen LogP contribution in [0.25, 0.3) is 32.9 Å². The highest BCUT2D eigenvalue weighted by molar-refractivity contribution is 5.98. The second kappa shape index (κ2) is 31.0. The van der Waals surface area contributed by atoms with Crippen LogP contribution in [-0.4, -0.2) is 75.7 Å². The fourth-order valence-corrected chi connectivity index (χ4v) is 12.4. The summed E-state index contributed by atoms with van der Waals surface area (Å²) in [5.74, 6) is 0.965. The van der Waals surface area contributed by atoms with Gasteiger partial charge in [0.25, 0.3) is 0 Å². The third kappa shape index (κ3) is 17.0. The summed E-state index contributed by atoms with van der Waals surface area (Å²) in [5, 5.41) is 23.8. The number of hydrogen-bond donors (Lipinski definition) is 5. The van der Waals surface area contributed by atoms with Crippen LogP contribution in [0, 0.1) is 56.0 Å². The number of halogens is 4. The van der Waals surface area contributed by atoms with Gasteiger partial charge in [0, 0.05) is 78.9 Å². The van der Waals surface area contributed by atoms with Crippen molar-refractivity contribution in [2.45, 2.75) is 90.3 Å². The number of anilines is 2. The van der Waals surface area contributed by atoms with Crippen molar-refractivity contribution < 1.29 is 22.8 Å². The maximum absolute atomic E-state index is 15.1. The van der Waals surface area contributed by atoms with Gasteiger partial charge in [0.15, 0.2) is 11.6 Å². The second-order valence-electron chi connectivity index (χ2n) is 25.9. The number of rotatable bonds is 23. The smallest absolute Gasteiger partial charge is 0.185 e. The van der Waals surface area contributed by atoms with Crippen LogP contribution < -0.4 is 27.4 Å². The molecule has 3 fully saturated rings. The van der Waals surface area contributed by atoms with Gasteiger partial charge in [-0.05, 0) is 261 Å². The Labute approximate surface area is 579 Å². The lowest BCUT2D eigenvalue weighted by Gasteiger charge is -2.21. The molecule has 7 N–H and O–H groups in total. The van der Waals surface area contributed by atoms with E-state index in [1.807, 2.05) is 112 Å². The van der Waals surface area contributed by atoms with Crippen molar-refractivity contribution in [3.05, 3.63) is 292 Å². The van der Waals surface area contributed by atoms with E-state index in [0.717, 1.165) is 97.6 Å². The molecule has 16 nitrogen and oxygen atoms in total. The molecule has 5 aromatic carbocycles. The monoisotopic (exact) mass is 1350 g/mol. The molecule has 3 saturated carbocycles. The van der Waals surface area contributed by atoms with E-state index in [1.165, 1.54) is 56.7 Å². The van der Waals surface area contributed by atoms with E-state index in [1.54, 1.807) is 101 Å². The molecule has 0 amide bonds. The maximum atomic E-state index is 15.1. The molecular weight excluding hydrogens is 1270 g/mol. The number of nitrogens with one attached hydrogen (secondary N) is 3. The van der Waals surface area contributed by atoms with Gasteiger partial charge in [0.1, 0.15) is 34.7 Å². The Bertz CT molecular complexity index is 4570. The number of nitrogens with zero attached hydrogens (tertiary/aromatic N) is 9. The topological polar surface area (TPSA) is 222 Å². The number of fused-ring (bicyclic) bond motifs is 2. The van der Waals surface area contributed by atoms with E-state index in [4.69, 9.17) is 11.5 Å². The van der Waals surface area contributed by atoms with Gasteiger partial charge in [-0.1, -0.05) is 42.5 Å². The highest BCUT2D eigenvalue weighted by Crippen LogP contribution is 2.35. The third-order valence-corrected chi connectivity index (χ3v) is 18.4. The van der Waals surface area contributed by atoms with Gasteiger partial charge in [-0.3, -0.25) is 29.5 Å². The Balaban J connectivity index is 0.000000148. The van der Waals surface area contributed by atoms with Gasteiger partial charge in [-0.2, -0.15) is 10.2 Å². The molecule has 504 valence electrons. The molecule has 7 heterocycles. The normalized spacial score (nSPS) is 14.3. The number of pyridine rings is 5. The number of nitrogen functional groups attached to an aromatic ring is 2. The molecule has 20 heteroatoms. The van der Waals surface area contributed by atoms with Crippen LogP contribution in [0.5, 0.6) is 0 Å². The van der Waals surface area contributed by atoms with Crippen LogP contribution in [-0.2, 0) is 12.8 Å². The number of ketones is 2. The van der Waals surface area contributed by atoms with E-state index in [-0.39, 0.29) is 66.4 Å². The molecule has 15 rings (SSSR count). The number of hydrogen-bond acceptors (Lipinski definition) is 14. The number of carbonyl (C=O) groups excluding carboxylic acids is 2. The Morgan fingerprint density at radius 3 is 1.24 bits per heavy atom. The highest BCUT2D eigenvalue weighted by Gasteiger charge is 2.28. The molecular formula is C79H78ClF3N14O2. The van der Waals surface area contributed by atoms with E-state index in [9.17, 15) is 14.0 Å². The highest BCUT2D eigenvalue weighted by atomic mass is 35.5. The molecule has 0 radical (unpaired) electrons. The summed E-state index contributed by atoms with van der Waals surface area (Å²) in [7, 11) is 0. The molecule has 0 aliphatic heterocycles. The Morgan fingerprint density at radius 2 is 0.828 bits per heavy atom. The summed E-state index contributed by atoms with van der Waals surface area (Å²) in [6.45, 7) is 8.41. The zero-order valence-electron chi connectivity index (χ0n) is 55.3. The van der Waals surface area contributed by atoms with Crippen LogP contribution in [0.3, 0.4) is 0 Å². The molecule has 3 atom stereocenters. The molecule has 0 spiro atoms. The summed E-state index contributed by atoms with van der Waals surface area (Å²) in [6.07, 6.45) is 21.4. The fraction of sp³-hybridized carbons (Fsp3) is 0.253. The zero-order valence-corrected chi connectivity index (χ0v) is 56.1. The van der Waals surface area contributed by atoms with Crippen molar-refractivity contribution in [2.24, 2.45) is 17.8 Å². The van der Waals surface area contributed by atoms with Crippen LogP contribution in [0.1, 0.15) is 139 Å². The van der Waals surface area contributed by atoms with E-state index in [2.05, 4.69) is 51.1 Å². The Kier molecular flexibility index (Phi) is 21.5. The van der Waals surface area contributed by atoms with E-state index < -0.39 is 11.6 Å². The average Bonchev–Trinajstić information content (AvgIpc) is 1.76. The SMILES string of the molecule is Cc1cc(C(=O)Cc2cc(C(NCC3CC3)c3ccncc3)ccc2F)n(-c2ccc3ccnc(C)c3c2)n1.Cc1cc(C(=O)Cc2cc(C(NCC3CC3)c3ccncc3)ccc2F)n(-c2ccc3ccnc(N)c3c2)n1.Cl.Nc1cc(C(NCC2CC2)c2ccncc2)ccc1F. The van der Waals surface area contributed by atoms with Crippen LogP contribution >= 0.6 is 12.4 Å². The van der Waals surface area contributed by atoms with Gasteiger partial charge in [0.05, 0.1) is 46.6 Å².